The molecular formula is C27H35N3O3. The molecule has 6 nitrogen and oxygen atoms in total. The molecule has 1 atom stereocenters. The average molecular weight is 450 g/mol. The van der Waals surface area contributed by atoms with Crippen LogP contribution in [0.4, 0.5) is 0 Å². The summed E-state index contributed by atoms with van der Waals surface area (Å²) in [6.07, 6.45) is 8.82. The summed E-state index contributed by atoms with van der Waals surface area (Å²) in [5, 5.41) is 0. The van der Waals surface area contributed by atoms with Crippen LogP contribution in [0.5, 0.6) is 0 Å². The van der Waals surface area contributed by atoms with E-state index in [0.29, 0.717) is 19.5 Å². The number of hydrogen-bond acceptors (Lipinski definition) is 4. The maximum Gasteiger partial charge on any atom is 0.245 e. The van der Waals surface area contributed by atoms with Crippen LogP contribution in [0.3, 0.4) is 0 Å². The average Bonchev–Trinajstić information content (AvgIpc) is 2.87. The lowest BCUT2D eigenvalue weighted by Gasteiger charge is -2.42. The van der Waals surface area contributed by atoms with Gasteiger partial charge in [-0.25, -0.2) is 0 Å². The van der Waals surface area contributed by atoms with Crippen molar-refractivity contribution < 1.29 is 14.3 Å². The Morgan fingerprint density at radius 1 is 1.00 bits per heavy atom. The minimum absolute atomic E-state index is 0.00140. The van der Waals surface area contributed by atoms with E-state index < -0.39 is 6.04 Å². The fourth-order valence-electron chi connectivity index (χ4n) is 5.17. The quantitative estimate of drug-likeness (QED) is 0.642. The third-order valence-corrected chi connectivity index (χ3v) is 7.11. The summed E-state index contributed by atoms with van der Waals surface area (Å²) in [6, 6.07) is 11.9. The summed E-state index contributed by atoms with van der Waals surface area (Å²) < 4.78 is 5.48. The number of ether oxygens (including phenoxy) is 1. The molecule has 1 aromatic carbocycles. The molecule has 2 fully saturated rings. The van der Waals surface area contributed by atoms with E-state index in [2.05, 4.69) is 36.2 Å². The highest BCUT2D eigenvalue weighted by molar-refractivity contribution is 5.90. The van der Waals surface area contributed by atoms with Gasteiger partial charge in [0.25, 0.3) is 0 Å². The Morgan fingerprint density at radius 2 is 1.67 bits per heavy atom. The van der Waals surface area contributed by atoms with E-state index in [1.165, 1.54) is 0 Å². The second-order valence-corrected chi connectivity index (χ2v) is 9.22. The highest BCUT2D eigenvalue weighted by Crippen LogP contribution is 2.30. The lowest BCUT2D eigenvalue weighted by Crippen LogP contribution is -2.60. The first kappa shape index (κ1) is 23.4. The number of hydrogen-bond donors (Lipinski definition) is 0. The number of methoxy groups -OCH3 is 1. The van der Waals surface area contributed by atoms with Gasteiger partial charge < -0.3 is 14.5 Å². The molecule has 2 heterocycles. The molecule has 0 spiro atoms. The summed E-state index contributed by atoms with van der Waals surface area (Å²) in [5.41, 5.74) is 3.31. The lowest BCUT2D eigenvalue weighted by molar-refractivity contribution is -0.154. The molecule has 33 heavy (non-hydrogen) atoms. The maximum atomic E-state index is 13.5. The van der Waals surface area contributed by atoms with Gasteiger partial charge >= 0.3 is 0 Å². The van der Waals surface area contributed by atoms with Crippen LogP contribution in [0.15, 0.2) is 48.8 Å². The highest BCUT2D eigenvalue weighted by atomic mass is 16.5. The Kier molecular flexibility index (Phi) is 7.76. The number of benzene rings is 1. The van der Waals surface area contributed by atoms with Gasteiger partial charge in [0, 0.05) is 51.5 Å². The van der Waals surface area contributed by atoms with Crippen molar-refractivity contribution in [2.45, 2.75) is 57.6 Å². The van der Waals surface area contributed by atoms with Crippen LogP contribution in [-0.2, 0) is 20.7 Å². The third kappa shape index (κ3) is 5.44. The van der Waals surface area contributed by atoms with Gasteiger partial charge in [0.2, 0.25) is 11.8 Å². The molecule has 1 aromatic heterocycles. The second-order valence-electron chi connectivity index (χ2n) is 9.22. The molecule has 1 aliphatic heterocycles. The summed E-state index contributed by atoms with van der Waals surface area (Å²) in [4.78, 5) is 34.8. The Morgan fingerprint density at radius 3 is 2.30 bits per heavy atom. The number of rotatable bonds is 7. The van der Waals surface area contributed by atoms with Gasteiger partial charge in [-0.2, -0.15) is 0 Å². The van der Waals surface area contributed by atoms with Crippen LogP contribution in [0, 0.1) is 5.92 Å². The lowest BCUT2D eigenvalue weighted by atomic mass is 9.85. The number of carbonyl (C=O) groups excluding carboxylic acids is 2. The fraction of sp³-hybridized carbons (Fsp3) is 0.519. The minimum Gasteiger partial charge on any atom is -0.381 e. The number of piperazine rings is 1. The van der Waals surface area contributed by atoms with Gasteiger partial charge in [0.15, 0.2) is 0 Å². The summed E-state index contributed by atoms with van der Waals surface area (Å²) >= 11 is 0. The molecule has 1 unspecified atom stereocenters. The van der Waals surface area contributed by atoms with Crippen LogP contribution >= 0.6 is 0 Å². The van der Waals surface area contributed by atoms with Gasteiger partial charge in [-0.1, -0.05) is 31.2 Å². The number of nitrogens with zero attached hydrogens (tertiary/aromatic N) is 3. The van der Waals surface area contributed by atoms with E-state index in [1.807, 2.05) is 21.9 Å². The molecule has 1 saturated heterocycles. The Labute approximate surface area is 196 Å². The van der Waals surface area contributed by atoms with Crippen LogP contribution in [-0.4, -0.2) is 65.5 Å². The molecule has 2 aliphatic rings. The van der Waals surface area contributed by atoms with E-state index in [-0.39, 0.29) is 23.8 Å². The number of carbonyl (C=O) groups is 2. The van der Waals surface area contributed by atoms with Crippen LogP contribution in [0.2, 0.25) is 0 Å². The first-order valence-corrected chi connectivity index (χ1v) is 12.2. The van der Waals surface area contributed by atoms with Crippen molar-refractivity contribution in [3.63, 3.8) is 0 Å². The molecule has 0 radical (unpaired) electrons. The molecule has 1 aliphatic carbocycles. The first-order valence-electron chi connectivity index (χ1n) is 12.2. The highest BCUT2D eigenvalue weighted by Gasteiger charge is 2.40. The van der Waals surface area contributed by atoms with E-state index in [9.17, 15) is 9.59 Å². The van der Waals surface area contributed by atoms with Gasteiger partial charge in [-0.3, -0.25) is 14.6 Å². The van der Waals surface area contributed by atoms with Gasteiger partial charge in [-0.05, 0) is 60.9 Å². The molecule has 1 saturated carbocycles. The third-order valence-electron chi connectivity index (χ3n) is 7.11. The molecule has 2 amide bonds. The molecule has 6 heteroatoms. The smallest absolute Gasteiger partial charge is 0.245 e. The number of amides is 2. The van der Waals surface area contributed by atoms with E-state index in [0.717, 1.165) is 55.3 Å². The van der Waals surface area contributed by atoms with Crippen LogP contribution in [0.25, 0.3) is 11.1 Å². The van der Waals surface area contributed by atoms with Crippen molar-refractivity contribution in [1.82, 2.24) is 14.8 Å². The van der Waals surface area contributed by atoms with Crippen LogP contribution < -0.4 is 0 Å². The van der Waals surface area contributed by atoms with Crippen molar-refractivity contribution in [3.8, 4) is 11.1 Å². The van der Waals surface area contributed by atoms with Gasteiger partial charge in [0.05, 0.1) is 6.10 Å². The minimum atomic E-state index is -0.426. The Balaban J connectivity index is 1.51. The van der Waals surface area contributed by atoms with Crippen molar-refractivity contribution in [1.29, 1.82) is 0 Å². The SMILES string of the molecule is CCCN1CCN(C(=O)C2CCC(OC)CC2)C(Cc2ccc(-c3ccncc3)cc2)C1=O. The van der Waals surface area contributed by atoms with E-state index in [1.54, 1.807) is 19.5 Å². The zero-order valence-corrected chi connectivity index (χ0v) is 19.8. The maximum absolute atomic E-state index is 13.5. The zero-order valence-electron chi connectivity index (χ0n) is 19.8. The molecular weight excluding hydrogens is 414 g/mol. The number of aromatic nitrogens is 1. The monoisotopic (exact) mass is 449 g/mol. The zero-order chi connectivity index (χ0) is 23.2. The Bertz CT molecular complexity index is 923. The second kappa shape index (κ2) is 10.9. The van der Waals surface area contributed by atoms with Crippen molar-refractivity contribution >= 4 is 11.8 Å². The largest absolute Gasteiger partial charge is 0.381 e. The van der Waals surface area contributed by atoms with Crippen molar-refractivity contribution in [2.24, 2.45) is 5.92 Å². The number of pyridine rings is 1. The van der Waals surface area contributed by atoms with Crippen molar-refractivity contribution in [2.75, 3.05) is 26.7 Å². The van der Waals surface area contributed by atoms with E-state index >= 15 is 0 Å². The van der Waals surface area contributed by atoms with E-state index in [4.69, 9.17) is 4.74 Å². The predicted octanol–water partition coefficient (Wildman–Crippen LogP) is 3.95. The molecule has 0 N–H and O–H groups in total. The molecule has 0 bridgehead atoms. The molecule has 176 valence electrons. The standard InChI is InChI=1S/C27H35N3O3/c1-3-16-29-17-18-30(26(31)23-8-10-24(33-2)11-9-23)25(27(29)32)19-20-4-6-21(7-5-20)22-12-14-28-15-13-22/h4-7,12-15,23-25H,3,8-11,16-19H2,1-2H3. The normalized spacial score (nSPS) is 23.6. The van der Waals surface area contributed by atoms with Crippen molar-refractivity contribution in [3.05, 3.63) is 54.4 Å². The Hall–Kier alpha value is -2.73. The summed E-state index contributed by atoms with van der Waals surface area (Å²) in [7, 11) is 1.74. The first-order chi connectivity index (χ1) is 16.1. The topological polar surface area (TPSA) is 62.7 Å². The van der Waals surface area contributed by atoms with Crippen LogP contribution in [0.1, 0.15) is 44.6 Å². The molecule has 4 rings (SSSR count). The predicted molar refractivity (Wildman–Crippen MR) is 129 cm³/mol. The molecule has 2 aromatic rings. The summed E-state index contributed by atoms with van der Waals surface area (Å²) in [6.45, 7) is 4.08. The fourth-order valence-corrected chi connectivity index (χ4v) is 5.17. The summed E-state index contributed by atoms with van der Waals surface area (Å²) in [5.74, 6) is 0.228. The van der Waals surface area contributed by atoms with Gasteiger partial charge in [-0.15, -0.1) is 0 Å². The van der Waals surface area contributed by atoms with Gasteiger partial charge in [0.1, 0.15) is 6.04 Å².